The summed E-state index contributed by atoms with van der Waals surface area (Å²) in [4.78, 5) is 10.2. The predicted octanol–water partition coefficient (Wildman–Crippen LogP) is 1.76. The van der Waals surface area contributed by atoms with Crippen LogP contribution >= 0.6 is 0 Å². The van der Waals surface area contributed by atoms with E-state index >= 15 is 0 Å². The van der Waals surface area contributed by atoms with Gasteiger partial charge in [-0.25, -0.2) is 4.98 Å². The maximum Gasteiger partial charge on any atom is 0.204 e. The number of hydrogen-bond acceptors (Lipinski definition) is 4. The van der Waals surface area contributed by atoms with Crippen LogP contribution in [0.5, 0.6) is 0 Å². The van der Waals surface area contributed by atoms with E-state index in [1.165, 1.54) is 0 Å². The summed E-state index contributed by atoms with van der Waals surface area (Å²) in [6, 6.07) is 5.73. The number of rotatable bonds is 1. The van der Waals surface area contributed by atoms with Crippen LogP contribution in [0.15, 0.2) is 18.2 Å². The number of nitrogens with zero attached hydrogens (tertiary/aromatic N) is 2. The standard InChI is InChI=1S/C13H18N4O/c1-8-6-17(7-9(2)18-8)13-15-11-4-3-10(14)5-12(11)16-13/h3-5,8-9H,6-7,14H2,1-2H3,(H,15,16). The Morgan fingerprint density at radius 3 is 2.78 bits per heavy atom. The van der Waals surface area contributed by atoms with Gasteiger partial charge < -0.3 is 20.4 Å². The second kappa shape index (κ2) is 4.17. The molecule has 2 atom stereocenters. The van der Waals surface area contributed by atoms with Gasteiger partial charge in [0, 0.05) is 18.8 Å². The number of nitrogens with two attached hydrogens (primary N) is 1. The fraction of sp³-hybridized carbons (Fsp3) is 0.462. The SMILES string of the molecule is CC1CN(c2nc3ccc(N)cc3[nH]2)CC(C)O1. The number of nitrogen functional groups attached to an aromatic ring is 1. The molecule has 96 valence electrons. The van der Waals surface area contributed by atoms with Crippen molar-refractivity contribution in [1.82, 2.24) is 9.97 Å². The number of ether oxygens (including phenoxy) is 1. The minimum Gasteiger partial charge on any atom is -0.399 e. The molecule has 1 aliphatic heterocycles. The van der Waals surface area contributed by atoms with E-state index in [2.05, 4.69) is 28.7 Å². The number of H-pyrrole nitrogens is 1. The Hall–Kier alpha value is -1.75. The van der Waals surface area contributed by atoms with Gasteiger partial charge in [0.15, 0.2) is 0 Å². The van der Waals surface area contributed by atoms with Crippen molar-refractivity contribution in [2.45, 2.75) is 26.1 Å². The average Bonchev–Trinajstić information content (AvgIpc) is 2.70. The summed E-state index contributed by atoms with van der Waals surface area (Å²) < 4.78 is 5.73. The van der Waals surface area contributed by atoms with Crippen molar-refractivity contribution in [2.75, 3.05) is 23.7 Å². The van der Waals surface area contributed by atoms with E-state index in [1.54, 1.807) is 0 Å². The molecule has 1 aliphatic rings. The van der Waals surface area contributed by atoms with Crippen molar-refractivity contribution < 1.29 is 4.74 Å². The third-order valence-electron chi connectivity index (χ3n) is 3.21. The number of aromatic nitrogens is 2. The van der Waals surface area contributed by atoms with Crippen molar-refractivity contribution in [3.63, 3.8) is 0 Å². The number of aromatic amines is 1. The Labute approximate surface area is 106 Å². The third-order valence-corrected chi connectivity index (χ3v) is 3.21. The van der Waals surface area contributed by atoms with Gasteiger partial charge in [0.05, 0.1) is 23.2 Å². The van der Waals surface area contributed by atoms with Crippen LogP contribution in [0, 0.1) is 0 Å². The number of fused-ring (bicyclic) bond motifs is 1. The summed E-state index contributed by atoms with van der Waals surface area (Å²) in [5.74, 6) is 0.901. The van der Waals surface area contributed by atoms with Gasteiger partial charge in [-0.2, -0.15) is 0 Å². The zero-order valence-corrected chi connectivity index (χ0v) is 10.7. The molecule has 5 nitrogen and oxygen atoms in total. The summed E-state index contributed by atoms with van der Waals surface area (Å²) in [5.41, 5.74) is 8.46. The normalized spacial score (nSPS) is 24.7. The minimum absolute atomic E-state index is 0.229. The summed E-state index contributed by atoms with van der Waals surface area (Å²) in [6.07, 6.45) is 0.457. The number of benzene rings is 1. The molecular weight excluding hydrogens is 228 g/mol. The molecule has 0 bridgehead atoms. The fourth-order valence-electron chi connectivity index (χ4n) is 2.51. The number of hydrogen-bond donors (Lipinski definition) is 2. The lowest BCUT2D eigenvalue weighted by Gasteiger charge is -2.35. The topological polar surface area (TPSA) is 67.2 Å². The summed E-state index contributed by atoms with van der Waals surface area (Å²) in [6.45, 7) is 5.89. The van der Waals surface area contributed by atoms with Crippen molar-refractivity contribution in [3.8, 4) is 0 Å². The molecule has 2 unspecified atom stereocenters. The number of imidazole rings is 1. The van der Waals surface area contributed by atoms with Crippen LogP contribution in [0.2, 0.25) is 0 Å². The molecule has 1 aromatic carbocycles. The Balaban J connectivity index is 1.93. The van der Waals surface area contributed by atoms with E-state index in [4.69, 9.17) is 10.5 Å². The van der Waals surface area contributed by atoms with Gasteiger partial charge in [-0.3, -0.25) is 0 Å². The van der Waals surface area contributed by atoms with Crippen LogP contribution < -0.4 is 10.6 Å². The Bertz CT molecular complexity index is 555. The highest BCUT2D eigenvalue weighted by Gasteiger charge is 2.24. The fourth-order valence-corrected chi connectivity index (χ4v) is 2.51. The van der Waals surface area contributed by atoms with Crippen molar-refractivity contribution in [2.24, 2.45) is 0 Å². The first-order valence-electron chi connectivity index (χ1n) is 6.27. The van der Waals surface area contributed by atoms with Crippen LogP contribution in [0.4, 0.5) is 11.6 Å². The summed E-state index contributed by atoms with van der Waals surface area (Å²) in [7, 11) is 0. The van der Waals surface area contributed by atoms with Gasteiger partial charge in [0.1, 0.15) is 0 Å². The van der Waals surface area contributed by atoms with Crippen LogP contribution in [-0.4, -0.2) is 35.3 Å². The highest BCUT2D eigenvalue weighted by Crippen LogP contribution is 2.22. The monoisotopic (exact) mass is 246 g/mol. The molecule has 1 aromatic heterocycles. The summed E-state index contributed by atoms with van der Waals surface area (Å²) >= 11 is 0. The first-order valence-corrected chi connectivity index (χ1v) is 6.27. The molecule has 0 aliphatic carbocycles. The molecule has 0 radical (unpaired) electrons. The van der Waals surface area contributed by atoms with Crippen molar-refractivity contribution >= 4 is 22.7 Å². The van der Waals surface area contributed by atoms with Crippen molar-refractivity contribution in [3.05, 3.63) is 18.2 Å². The minimum atomic E-state index is 0.229. The highest BCUT2D eigenvalue weighted by atomic mass is 16.5. The second-order valence-electron chi connectivity index (χ2n) is 5.00. The largest absolute Gasteiger partial charge is 0.399 e. The van der Waals surface area contributed by atoms with Gasteiger partial charge in [-0.15, -0.1) is 0 Å². The molecule has 5 heteroatoms. The molecule has 18 heavy (non-hydrogen) atoms. The quantitative estimate of drug-likeness (QED) is 0.752. The van der Waals surface area contributed by atoms with E-state index in [0.29, 0.717) is 0 Å². The molecule has 3 N–H and O–H groups in total. The lowest BCUT2D eigenvalue weighted by Crippen LogP contribution is -2.45. The van der Waals surface area contributed by atoms with Crippen LogP contribution in [0.25, 0.3) is 11.0 Å². The molecule has 1 saturated heterocycles. The first-order chi connectivity index (χ1) is 8.61. The molecule has 0 amide bonds. The van der Waals surface area contributed by atoms with Gasteiger partial charge in [0.2, 0.25) is 5.95 Å². The third kappa shape index (κ3) is 2.01. The van der Waals surface area contributed by atoms with Gasteiger partial charge in [-0.1, -0.05) is 0 Å². The van der Waals surface area contributed by atoms with Gasteiger partial charge in [-0.05, 0) is 32.0 Å². The highest BCUT2D eigenvalue weighted by molar-refractivity contribution is 5.80. The number of nitrogens with one attached hydrogen (secondary N) is 1. The first kappa shape index (κ1) is 11.3. The van der Waals surface area contributed by atoms with Crippen molar-refractivity contribution in [1.29, 1.82) is 0 Å². The van der Waals surface area contributed by atoms with E-state index in [9.17, 15) is 0 Å². The van der Waals surface area contributed by atoms with Gasteiger partial charge in [0.25, 0.3) is 0 Å². The van der Waals surface area contributed by atoms with Crippen LogP contribution in [0.1, 0.15) is 13.8 Å². The Morgan fingerprint density at radius 2 is 2.06 bits per heavy atom. The smallest absolute Gasteiger partial charge is 0.204 e. The molecule has 1 fully saturated rings. The molecule has 0 spiro atoms. The lowest BCUT2D eigenvalue weighted by molar-refractivity contribution is -0.00565. The maximum atomic E-state index is 5.77. The van der Waals surface area contributed by atoms with E-state index in [-0.39, 0.29) is 12.2 Å². The van der Waals surface area contributed by atoms with E-state index in [1.807, 2.05) is 18.2 Å². The zero-order valence-electron chi connectivity index (χ0n) is 10.7. The molecule has 3 rings (SSSR count). The van der Waals surface area contributed by atoms with Crippen LogP contribution in [-0.2, 0) is 4.74 Å². The number of anilines is 2. The Morgan fingerprint density at radius 1 is 1.33 bits per heavy atom. The number of morpholine rings is 1. The predicted molar refractivity (Wildman–Crippen MR) is 72.7 cm³/mol. The maximum absolute atomic E-state index is 5.77. The summed E-state index contributed by atoms with van der Waals surface area (Å²) in [5, 5.41) is 0. The van der Waals surface area contributed by atoms with E-state index < -0.39 is 0 Å². The molecule has 2 heterocycles. The Kier molecular flexibility index (Phi) is 2.63. The zero-order chi connectivity index (χ0) is 12.7. The van der Waals surface area contributed by atoms with Gasteiger partial charge >= 0.3 is 0 Å². The molecule has 2 aromatic rings. The van der Waals surface area contributed by atoms with Crippen LogP contribution in [0.3, 0.4) is 0 Å². The second-order valence-corrected chi connectivity index (χ2v) is 5.00. The lowest BCUT2D eigenvalue weighted by atomic mass is 10.2. The average molecular weight is 246 g/mol. The molecule has 0 saturated carbocycles. The molecular formula is C13H18N4O. The van der Waals surface area contributed by atoms with E-state index in [0.717, 1.165) is 35.8 Å².